The first-order valence-corrected chi connectivity index (χ1v) is 7.55. The third-order valence-electron chi connectivity index (χ3n) is 4.78. The minimum absolute atomic E-state index is 0.336. The highest BCUT2D eigenvalue weighted by Gasteiger charge is 2.37. The summed E-state index contributed by atoms with van der Waals surface area (Å²) in [6, 6.07) is 14.8. The SMILES string of the molecule is Cc1ccc(C2Nc3ccc(O)cc3C3C=CCC32)cc1. The average Bonchev–Trinajstić information content (AvgIpc) is 2.97. The summed E-state index contributed by atoms with van der Waals surface area (Å²) in [4.78, 5) is 0. The molecule has 2 heteroatoms. The van der Waals surface area contributed by atoms with Gasteiger partial charge in [0.2, 0.25) is 0 Å². The molecule has 3 unspecified atom stereocenters. The fourth-order valence-electron chi connectivity index (χ4n) is 3.69. The van der Waals surface area contributed by atoms with E-state index in [0.29, 0.717) is 23.6 Å². The Morgan fingerprint density at radius 2 is 1.90 bits per heavy atom. The summed E-state index contributed by atoms with van der Waals surface area (Å²) in [5, 5.41) is 13.5. The molecule has 0 bridgehead atoms. The van der Waals surface area contributed by atoms with E-state index >= 15 is 0 Å². The van der Waals surface area contributed by atoms with Gasteiger partial charge < -0.3 is 10.4 Å². The maximum absolute atomic E-state index is 9.77. The Hall–Kier alpha value is -2.22. The number of benzene rings is 2. The Labute approximate surface area is 125 Å². The van der Waals surface area contributed by atoms with Gasteiger partial charge in [-0.1, -0.05) is 42.0 Å². The van der Waals surface area contributed by atoms with Crippen molar-refractivity contribution >= 4 is 5.69 Å². The van der Waals surface area contributed by atoms with Gasteiger partial charge in [0, 0.05) is 11.6 Å². The number of aryl methyl sites for hydroxylation is 1. The van der Waals surface area contributed by atoms with Crippen LogP contribution in [0.2, 0.25) is 0 Å². The first kappa shape index (κ1) is 12.5. The zero-order valence-electron chi connectivity index (χ0n) is 12.1. The molecule has 21 heavy (non-hydrogen) atoms. The van der Waals surface area contributed by atoms with Crippen molar-refractivity contribution in [2.75, 3.05) is 5.32 Å². The van der Waals surface area contributed by atoms with E-state index in [0.717, 1.165) is 12.1 Å². The van der Waals surface area contributed by atoms with Crippen LogP contribution in [0.25, 0.3) is 0 Å². The van der Waals surface area contributed by atoms with E-state index in [4.69, 9.17) is 0 Å². The van der Waals surface area contributed by atoms with Gasteiger partial charge in [0.25, 0.3) is 0 Å². The zero-order valence-corrected chi connectivity index (χ0v) is 12.1. The van der Waals surface area contributed by atoms with Crippen LogP contribution >= 0.6 is 0 Å². The number of phenols is 1. The maximum Gasteiger partial charge on any atom is 0.116 e. The summed E-state index contributed by atoms with van der Waals surface area (Å²) in [6.45, 7) is 2.12. The molecule has 3 atom stereocenters. The molecule has 2 aliphatic rings. The van der Waals surface area contributed by atoms with Crippen molar-refractivity contribution in [1.82, 2.24) is 0 Å². The van der Waals surface area contributed by atoms with Crippen molar-refractivity contribution < 1.29 is 5.11 Å². The van der Waals surface area contributed by atoms with Gasteiger partial charge in [-0.05, 0) is 48.6 Å². The lowest BCUT2D eigenvalue weighted by atomic mass is 9.77. The molecule has 2 nitrogen and oxygen atoms in total. The Morgan fingerprint density at radius 1 is 1.10 bits per heavy atom. The fourth-order valence-corrected chi connectivity index (χ4v) is 3.69. The average molecular weight is 277 g/mol. The van der Waals surface area contributed by atoms with E-state index < -0.39 is 0 Å². The monoisotopic (exact) mass is 277 g/mol. The molecule has 1 aliphatic carbocycles. The van der Waals surface area contributed by atoms with Gasteiger partial charge in [0.15, 0.2) is 0 Å². The predicted molar refractivity (Wildman–Crippen MR) is 85.6 cm³/mol. The van der Waals surface area contributed by atoms with Gasteiger partial charge in [-0.2, -0.15) is 0 Å². The number of allylic oxidation sites excluding steroid dienone is 2. The quantitative estimate of drug-likeness (QED) is 0.593. The number of aromatic hydroxyl groups is 1. The Kier molecular flexibility index (Phi) is 2.78. The zero-order chi connectivity index (χ0) is 14.4. The first-order chi connectivity index (χ1) is 10.2. The standard InChI is InChI=1S/C19H19NO/c1-12-5-7-13(8-6-12)19-16-4-2-3-15(16)17-11-14(21)9-10-18(17)20-19/h2-3,5-11,15-16,19-21H,4H2,1H3. The number of anilines is 1. The molecule has 2 aromatic carbocycles. The van der Waals surface area contributed by atoms with Crippen LogP contribution in [0, 0.1) is 12.8 Å². The minimum atomic E-state index is 0.336. The van der Waals surface area contributed by atoms with Gasteiger partial charge in [-0.25, -0.2) is 0 Å². The number of rotatable bonds is 1. The van der Waals surface area contributed by atoms with Crippen LogP contribution in [-0.4, -0.2) is 5.11 Å². The number of phenolic OH excluding ortho intramolecular Hbond substituents is 1. The van der Waals surface area contributed by atoms with E-state index in [-0.39, 0.29) is 0 Å². The van der Waals surface area contributed by atoms with Gasteiger partial charge in [-0.3, -0.25) is 0 Å². The summed E-state index contributed by atoms with van der Waals surface area (Å²) in [5.74, 6) is 1.28. The normalized spacial score (nSPS) is 26.0. The van der Waals surface area contributed by atoms with E-state index in [2.05, 4.69) is 48.7 Å². The van der Waals surface area contributed by atoms with E-state index in [1.807, 2.05) is 12.1 Å². The van der Waals surface area contributed by atoms with Crippen LogP contribution in [0.1, 0.15) is 35.1 Å². The minimum Gasteiger partial charge on any atom is -0.508 e. The van der Waals surface area contributed by atoms with E-state index in [1.165, 1.54) is 16.7 Å². The molecule has 2 aromatic rings. The second-order valence-electron chi connectivity index (χ2n) is 6.16. The number of hydrogen-bond acceptors (Lipinski definition) is 2. The highest BCUT2D eigenvalue weighted by Crippen LogP contribution is 2.50. The van der Waals surface area contributed by atoms with Crippen molar-refractivity contribution in [2.24, 2.45) is 5.92 Å². The van der Waals surface area contributed by atoms with Crippen molar-refractivity contribution in [3.63, 3.8) is 0 Å². The van der Waals surface area contributed by atoms with E-state index in [1.54, 1.807) is 6.07 Å². The molecular weight excluding hydrogens is 258 g/mol. The Balaban J connectivity index is 1.78. The topological polar surface area (TPSA) is 32.3 Å². The molecule has 0 saturated carbocycles. The van der Waals surface area contributed by atoms with Crippen molar-refractivity contribution in [3.05, 3.63) is 71.3 Å². The fraction of sp³-hybridized carbons (Fsp3) is 0.263. The summed E-state index contributed by atoms with van der Waals surface area (Å²) in [6.07, 6.45) is 5.66. The molecule has 0 fully saturated rings. The molecule has 2 N–H and O–H groups in total. The summed E-state index contributed by atoms with van der Waals surface area (Å²) in [5.41, 5.74) is 5.00. The molecule has 4 rings (SSSR count). The lowest BCUT2D eigenvalue weighted by Crippen LogP contribution is -2.28. The molecule has 1 heterocycles. The van der Waals surface area contributed by atoms with Crippen LogP contribution < -0.4 is 5.32 Å². The lowest BCUT2D eigenvalue weighted by Gasteiger charge is -2.37. The summed E-state index contributed by atoms with van der Waals surface area (Å²) in [7, 11) is 0. The van der Waals surface area contributed by atoms with Crippen molar-refractivity contribution in [3.8, 4) is 5.75 Å². The lowest BCUT2D eigenvalue weighted by molar-refractivity contribution is 0.421. The Morgan fingerprint density at radius 3 is 2.71 bits per heavy atom. The maximum atomic E-state index is 9.77. The van der Waals surface area contributed by atoms with Gasteiger partial charge in [0.1, 0.15) is 5.75 Å². The third kappa shape index (κ3) is 2.02. The molecule has 106 valence electrons. The molecule has 1 aliphatic heterocycles. The second kappa shape index (κ2) is 4.66. The van der Waals surface area contributed by atoms with Gasteiger partial charge in [-0.15, -0.1) is 0 Å². The van der Waals surface area contributed by atoms with Crippen LogP contribution in [-0.2, 0) is 0 Å². The van der Waals surface area contributed by atoms with E-state index in [9.17, 15) is 5.11 Å². The molecule has 0 saturated heterocycles. The van der Waals surface area contributed by atoms with Crippen LogP contribution in [0.5, 0.6) is 5.75 Å². The number of hydrogen-bond donors (Lipinski definition) is 2. The first-order valence-electron chi connectivity index (χ1n) is 7.55. The number of fused-ring (bicyclic) bond motifs is 3. The largest absolute Gasteiger partial charge is 0.508 e. The van der Waals surface area contributed by atoms with Crippen LogP contribution in [0.3, 0.4) is 0 Å². The van der Waals surface area contributed by atoms with Crippen molar-refractivity contribution in [2.45, 2.75) is 25.3 Å². The smallest absolute Gasteiger partial charge is 0.116 e. The summed E-state index contributed by atoms with van der Waals surface area (Å²) < 4.78 is 0. The highest BCUT2D eigenvalue weighted by molar-refractivity contribution is 5.61. The van der Waals surface area contributed by atoms with Crippen LogP contribution in [0.15, 0.2) is 54.6 Å². The van der Waals surface area contributed by atoms with Gasteiger partial charge >= 0.3 is 0 Å². The molecule has 0 aromatic heterocycles. The molecular formula is C19H19NO. The molecule has 0 spiro atoms. The number of nitrogens with one attached hydrogen (secondary N) is 1. The van der Waals surface area contributed by atoms with Crippen molar-refractivity contribution in [1.29, 1.82) is 0 Å². The predicted octanol–water partition coefficient (Wildman–Crippen LogP) is 4.53. The van der Waals surface area contributed by atoms with Crippen LogP contribution in [0.4, 0.5) is 5.69 Å². The molecule has 0 radical (unpaired) electrons. The Bertz CT molecular complexity index is 702. The molecule has 0 amide bonds. The van der Waals surface area contributed by atoms with Gasteiger partial charge in [0.05, 0.1) is 6.04 Å². The second-order valence-corrected chi connectivity index (χ2v) is 6.16. The summed E-state index contributed by atoms with van der Waals surface area (Å²) >= 11 is 0. The third-order valence-corrected chi connectivity index (χ3v) is 4.78. The highest BCUT2D eigenvalue weighted by atomic mass is 16.3.